The molecule has 8 heteroatoms. The van der Waals surface area contributed by atoms with Gasteiger partial charge in [0.2, 0.25) is 0 Å². The van der Waals surface area contributed by atoms with Crippen LogP contribution in [0.2, 0.25) is 0 Å². The van der Waals surface area contributed by atoms with Crippen LogP contribution >= 0.6 is 0 Å². The highest BCUT2D eigenvalue weighted by Crippen LogP contribution is 2.09. The van der Waals surface area contributed by atoms with Gasteiger partial charge in [0.1, 0.15) is 6.61 Å². The van der Waals surface area contributed by atoms with E-state index in [0.717, 1.165) is 0 Å². The van der Waals surface area contributed by atoms with Crippen LogP contribution < -0.4 is 0 Å². The van der Waals surface area contributed by atoms with Crippen LogP contribution in [0, 0.1) is 0 Å². The number of carbonyl (C=O) groups excluding carboxylic acids is 2. The third kappa shape index (κ3) is 11.0. The summed E-state index contributed by atoms with van der Waals surface area (Å²) in [6.45, 7) is 3.93. The van der Waals surface area contributed by atoms with Gasteiger partial charge in [-0.05, 0) is 12.8 Å². The minimum Gasteiger partial charge on any atom is -0.477 e. The van der Waals surface area contributed by atoms with Crippen LogP contribution in [0.4, 0.5) is 0 Å². The monoisotopic (exact) mass is 376 g/mol. The van der Waals surface area contributed by atoms with Gasteiger partial charge in [0, 0.05) is 19.3 Å². The summed E-state index contributed by atoms with van der Waals surface area (Å²) in [5, 5.41) is 9.29. The van der Waals surface area contributed by atoms with Crippen molar-refractivity contribution < 1.29 is 38.2 Å². The number of quaternary nitrogens is 1. The molecular weight excluding hydrogens is 342 g/mol. The quantitative estimate of drug-likeness (QED) is 0.279. The molecule has 0 fully saturated rings. The highest BCUT2D eigenvalue weighted by molar-refractivity contribution is 5.72. The Balaban J connectivity index is 4.49. The van der Waals surface area contributed by atoms with Crippen molar-refractivity contribution in [2.45, 2.75) is 58.1 Å². The first kappa shape index (κ1) is 24.3. The smallest absolute Gasteiger partial charge is 0.362 e. The van der Waals surface area contributed by atoms with Crippen molar-refractivity contribution in [3.05, 3.63) is 0 Å². The number of likely N-dealkylation sites (N-methyl/N-ethyl adjacent to an activating group) is 1. The molecule has 0 bridgehead atoms. The highest BCUT2D eigenvalue weighted by atomic mass is 16.6. The lowest BCUT2D eigenvalue weighted by molar-refractivity contribution is -0.887. The molecule has 0 heterocycles. The summed E-state index contributed by atoms with van der Waals surface area (Å²) in [5.74, 6) is -1.61. The van der Waals surface area contributed by atoms with Gasteiger partial charge in [-0.3, -0.25) is 9.59 Å². The molecule has 2 unspecified atom stereocenters. The zero-order valence-corrected chi connectivity index (χ0v) is 16.7. The van der Waals surface area contributed by atoms with Crippen molar-refractivity contribution >= 4 is 17.9 Å². The van der Waals surface area contributed by atoms with Crippen molar-refractivity contribution in [3.8, 4) is 0 Å². The molecule has 0 aliphatic carbocycles. The van der Waals surface area contributed by atoms with Gasteiger partial charge >= 0.3 is 17.9 Å². The fourth-order valence-corrected chi connectivity index (χ4v) is 2.28. The highest BCUT2D eigenvalue weighted by Gasteiger charge is 2.31. The second-order valence-corrected chi connectivity index (χ2v) is 7.13. The second kappa shape index (κ2) is 12.6. The Labute approximate surface area is 156 Å². The van der Waals surface area contributed by atoms with E-state index < -0.39 is 18.1 Å². The van der Waals surface area contributed by atoms with Crippen molar-refractivity contribution in [2.75, 3.05) is 41.0 Å². The number of nitrogens with zero attached hydrogens (tertiary/aromatic N) is 1. The molecule has 2 atom stereocenters. The first-order chi connectivity index (χ1) is 12.1. The van der Waals surface area contributed by atoms with Crippen LogP contribution in [0.5, 0.6) is 0 Å². The molecule has 0 amide bonds. The van der Waals surface area contributed by atoms with Crippen LogP contribution in [0.25, 0.3) is 0 Å². The first-order valence-corrected chi connectivity index (χ1v) is 9.08. The Bertz CT molecular complexity index is 445. The van der Waals surface area contributed by atoms with Crippen molar-refractivity contribution in [1.29, 1.82) is 0 Å². The number of hydrogen-bond acceptors (Lipinski definition) is 6. The summed E-state index contributed by atoms with van der Waals surface area (Å²) in [7, 11) is 5.42. The summed E-state index contributed by atoms with van der Waals surface area (Å²) in [4.78, 5) is 34.5. The maximum absolute atomic E-state index is 11.7. The Kier molecular flexibility index (Phi) is 11.8. The van der Waals surface area contributed by atoms with E-state index in [-0.39, 0.29) is 42.7 Å². The van der Waals surface area contributed by atoms with Crippen molar-refractivity contribution in [2.24, 2.45) is 0 Å². The van der Waals surface area contributed by atoms with E-state index in [4.69, 9.17) is 14.2 Å². The van der Waals surface area contributed by atoms with Gasteiger partial charge in [-0.15, -0.1) is 0 Å². The molecule has 0 aromatic rings. The van der Waals surface area contributed by atoms with Crippen molar-refractivity contribution in [3.63, 3.8) is 0 Å². The summed E-state index contributed by atoms with van der Waals surface area (Å²) in [6.07, 6.45) is 1.55. The van der Waals surface area contributed by atoms with Gasteiger partial charge in [0.15, 0.2) is 12.1 Å². The Morgan fingerprint density at radius 3 is 2.04 bits per heavy atom. The molecule has 0 aromatic carbocycles. The normalized spacial score (nSPS) is 13.7. The summed E-state index contributed by atoms with van der Waals surface area (Å²) < 4.78 is 16.2. The van der Waals surface area contributed by atoms with Crippen molar-refractivity contribution in [1.82, 2.24) is 0 Å². The SMILES string of the molecule is CCCC(=O)OCC(COCCC(C(=O)O)[N+](C)(C)C)OC(=O)CCC. The number of carboxylic acid groups (broad SMARTS) is 1. The van der Waals surface area contributed by atoms with Gasteiger partial charge in [-0.1, -0.05) is 13.8 Å². The van der Waals surface area contributed by atoms with Gasteiger partial charge in [0.25, 0.3) is 0 Å². The molecule has 0 saturated carbocycles. The molecule has 1 N–H and O–H groups in total. The lowest BCUT2D eigenvalue weighted by Crippen LogP contribution is -2.50. The Morgan fingerprint density at radius 2 is 1.54 bits per heavy atom. The molecule has 0 rings (SSSR count). The van der Waals surface area contributed by atoms with E-state index in [1.807, 2.05) is 13.8 Å². The number of carbonyl (C=O) groups is 3. The summed E-state index contributed by atoms with van der Waals surface area (Å²) >= 11 is 0. The molecule has 0 aliphatic heterocycles. The predicted octanol–water partition coefficient (Wildman–Crippen LogP) is 1.61. The maximum Gasteiger partial charge on any atom is 0.362 e. The van der Waals surface area contributed by atoms with E-state index in [2.05, 4.69) is 0 Å². The van der Waals surface area contributed by atoms with Gasteiger partial charge in [0.05, 0.1) is 34.4 Å². The lowest BCUT2D eigenvalue weighted by Gasteiger charge is -2.31. The zero-order chi connectivity index (χ0) is 20.2. The fourth-order valence-electron chi connectivity index (χ4n) is 2.28. The Hall–Kier alpha value is -1.67. The third-order valence-corrected chi connectivity index (χ3v) is 3.70. The van der Waals surface area contributed by atoms with E-state index in [0.29, 0.717) is 25.7 Å². The lowest BCUT2D eigenvalue weighted by atomic mass is 10.1. The molecule has 0 radical (unpaired) electrons. The first-order valence-electron chi connectivity index (χ1n) is 9.08. The topological polar surface area (TPSA) is 99.1 Å². The van der Waals surface area contributed by atoms with E-state index in [1.54, 1.807) is 21.1 Å². The van der Waals surface area contributed by atoms with Crippen LogP contribution in [0.3, 0.4) is 0 Å². The minimum absolute atomic E-state index is 0.0539. The van der Waals surface area contributed by atoms with E-state index >= 15 is 0 Å². The molecule has 0 spiro atoms. The average Bonchev–Trinajstić information content (AvgIpc) is 2.50. The minimum atomic E-state index is -0.888. The van der Waals surface area contributed by atoms with Crippen LogP contribution in [0.15, 0.2) is 0 Å². The number of carboxylic acids is 1. The summed E-state index contributed by atoms with van der Waals surface area (Å²) in [6, 6.07) is -0.599. The third-order valence-electron chi connectivity index (χ3n) is 3.70. The number of aliphatic carboxylic acids is 1. The number of rotatable bonds is 14. The zero-order valence-electron chi connectivity index (χ0n) is 16.7. The van der Waals surface area contributed by atoms with E-state index in [1.165, 1.54) is 0 Å². The molecule has 0 aromatic heterocycles. The number of hydrogen-bond donors (Lipinski definition) is 1. The molecule has 26 heavy (non-hydrogen) atoms. The number of esters is 2. The van der Waals surface area contributed by atoms with Crippen LogP contribution in [0.1, 0.15) is 46.0 Å². The maximum atomic E-state index is 11.7. The molecule has 0 saturated heterocycles. The largest absolute Gasteiger partial charge is 0.477 e. The van der Waals surface area contributed by atoms with Gasteiger partial charge in [-0.2, -0.15) is 0 Å². The van der Waals surface area contributed by atoms with Gasteiger partial charge < -0.3 is 23.8 Å². The molecular formula is C18H34NO7+. The van der Waals surface area contributed by atoms with E-state index in [9.17, 15) is 19.5 Å². The standard InChI is InChI=1S/C18H33NO7/c1-6-8-16(20)25-13-14(26-17(21)9-7-2)12-24-11-10-15(18(22)23)19(3,4)5/h14-15H,6-13H2,1-5H3/p+1. The Morgan fingerprint density at radius 1 is 0.962 bits per heavy atom. The summed E-state index contributed by atoms with van der Waals surface area (Å²) in [5.41, 5.74) is 0. The van der Waals surface area contributed by atoms with Crippen LogP contribution in [-0.4, -0.2) is 80.6 Å². The second-order valence-electron chi connectivity index (χ2n) is 7.13. The fraction of sp³-hybridized carbons (Fsp3) is 0.833. The molecule has 152 valence electrons. The average molecular weight is 376 g/mol. The number of ether oxygens (including phenoxy) is 3. The molecule has 8 nitrogen and oxygen atoms in total. The van der Waals surface area contributed by atoms with Gasteiger partial charge in [-0.25, -0.2) is 4.79 Å². The predicted molar refractivity (Wildman–Crippen MR) is 95.5 cm³/mol. The van der Waals surface area contributed by atoms with Crippen LogP contribution in [-0.2, 0) is 28.6 Å². The molecule has 0 aliphatic rings.